The van der Waals surface area contributed by atoms with Crippen molar-refractivity contribution in [1.82, 2.24) is 20.4 Å². The van der Waals surface area contributed by atoms with Crippen molar-refractivity contribution in [3.8, 4) is 0 Å². The van der Waals surface area contributed by atoms with Gasteiger partial charge in [0.1, 0.15) is 0 Å². The van der Waals surface area contributed by atoms with E-state index < -0.39 is 0 Å². The Balaban J connectivity index is 1.73. The summed E-state index contributed by atoms with van der Waals surface area (Å²) in [5.74, 6) is -0.470. The summed E-state index contributed by atoms with van der Waals surface area (Å²) in [6.45, 7) is 7.06. The maximum atomic E-state index is 11.8. The first-order chi connectivity index (χ1) is 11.0. The van der Waals surface area contributed by atoms with Gasteiger partial charge in [0.2, 0.25) is 5.91 Å². The minimum absolute atomic E-state index is 0.0378. The zero-order valence-electron chi connectivity index (χ0n) is 13.7. The molecule has 0 bridgehead atoms. The molecule has 0 fully saturated rings. The van der Waals surface area contributed by atoms with Crippen LogP contribution in [0.5, 0.6) is 0 Å². The SMILES string of the molecule is Cc1nn(CCNC(=O)CNC(=O)c2ccccc2)c(C)c1C. The standard InChI is InChI=1S/C17H22N4O2/c1-12-13(2)20-21(14(12)3)10-9-18-16(22)11-19-17(23)15-7-5-4-6-8-15/h4-8H,9-11H2,1-3H3,(H,18,22)(H,19,23). The molecule has 0 aliphatic rings. The second kappa shape index (κ2) is 7.58. The number of aryl methyl sites for hydroxylation is 1. The van der Waals surface area contributed by atoms with Crippen molar-refractivity contribution >= 4 is 11.8 Å². The topological polar surface area (TPSA) is 76.0 Å². The van der Waals surface area contributed by atoms with Gasteiger partial charge in [-0.05, 0) is 38.5 Å². The summed E-state index contributed by atoms with van der Waals surface area (Å²) in [5.41, 5.74) is 3.82. The van der Waals surface area contributed by atoms with E-state index in [-0.39, 0.29) is 18.4 Å². The van der Waals surface area contributed by atoms with Crippen LogP contribution in [0.4, 0.5) is 0 Å². The van der Waals surface area contributed by atoms with E-state index in [0.29, 0.717) is 18.7 Å². The van der Waals surface area contributed by atoms with Crippen LogP contribution in [0.2, 0.25) is 0 Å². The Labute approximate surface area is 135 Å². The molecule has 1 aromatic carbocycles. The molecule has 0 atom stereocenters. The molecule has 23 heavy (non-hydrogen) atoms. The molecular weight excluding hydrogens is 292 g/mol. The Morgan fingerprint density at radius 2 is 1.78 bits per heavy atom. The molecule has 122 valence electrons. The fraction of sp³-hybridized carbons (Fsp3) is 0.353. The van der Waals surface area contributed by atoms with E-state index in [1.54, 1.807) is 24.3 Å². The fourth-order valence-electron chi connectivity index (χ4n) is 2.22. The lowest BCUT2D eigenvalue weighted by Crippen LogP contribution is -2.38. The molecule has 1 aromatic heterocycles. The molecule has 6 nitrogen and oxygen atoms in total. The molecule has 0 saturated heterocycles. The van der Waals surface area contributed by atoms with E-state index >= 15 is 0 Å². The van der Waals surface area contributed by atoms with Crippen LogP contribution in [0.15, 0.2) is 30.3 Å². The molecule has 0 aliphatic carbocycles. The minimum Gasteiger partial charge on any atom is -0.353 e. The molecule has 0 saturated carbocycles. The molecular formula is C17H22N4O2. The Morgan fingerprint density at radius 3 is 2.39 bits per heavy atom. The first-order valence-corrected chi connectivity index (χ1v) is 7.59. The predicted molar refractivity (Wildman–Crippen MR) is 88.2 cm³/mol. The quantitative estimate of drug-likeness (QED) is 0.845. The second-order valence-corrected chi connectivity index (χ2v) is 5.42. The van der Waals surface area contributed by atoms with E-state index in [1.807, 2.05) is 31.5 Å². The van der Waals surface area contributed by atoms with Crippen LogP contribution in [0.25, 0.3) is 0 Å². The van der Waals surface area contributed by atoms with Crippen LogP contribution < -0.4 is 10.6 Å². The molecule has 0 aliphatic heterocycles. The summed E-state index contributed by atoms with van der Waals surface area (Å²) in [7, 11) is 0. The smallest absolute Gasteiger partial charge is 0.251 e. The summed E-state index contributed by atoms with van der Waals surface area (Å²) in [6, 6.07) is 8.82. The second-order valence-electron chi connectivity index (χ2n) is 5.42. The zero-order valence-corrected chi connectivity index (χ0v) is 13.7. The summed E-state index contributed by atoms with van der Waals surface area (Å²) in [6.07, 6.45) is 0. The van der Waals surface area contributed by atoms with Crippen LogP contribution in [-0.4, -0.2) is 34.7 Å². The molecule has 1 heterocycles. The third-order valence-corrected chi connectivity index (χ3v) is 3.83. The van der Waals surface area contributed by atoms with Crippen LogP contribution in [0.3, 0.4) is 0 Å². The van der Waals surface area contributed by atoms with Gasteiger partial charge in [0.05, 0.1) is 18.8 Å². The number of nitrogens with one attached hydrogen (secondary N) is 2. The van der Waals surface area contributed by atoms with E-state index in [0.717, 1.165) is 11.4 Å². The number of hydrogen-bond acceptors (Lipinski definition) is 3. The molecule has 2 rings (SSSR count). The zero-order chi connectivity index (χ0) is 16.8. The first-order valence-electron chi connectivity index (χ1n) is 7.59. The molecule has 2 aromatic rings. The number of hydrogen-bond donors (Lipinski definition) is 2. The van der Waals surface area contributed by atoms with Crippen molar-refractivity contribution < 1.29 is 9.59 Å². The van der Waals surface area contributed by atoms with Crippen LogP contribution >= 0.6 is 0 Å². The Morgan fingerprint density at radius 1 is 1.09 bits per heavy atom. The van der Waals surface area contributed by atoms with Crippen molar-refractivity contribution in [3.05, 3.63) is 52.8 Å². The lowest BCUT2D eigenvalue weighted by atomic mass is 10.2. The van der Waals surface area contributed by atoms with Crippen molar-refractivity contribution in [2.75, 3.05) is 13.1 Å². The number of amides is 2. The van der Waals surface area contributed by atoms with Gasteiger partial charge in [-0.25, -0.2) is 0 Å². The van der Waals surface area contributed by atoms with Gasteiger partial charge in [0, 0.05) is 17.8 Å². The van der Waals surface area contributed by atoms with Gasteiger partial charge >= 0.3 is 0 Å². The van der Waals surface area contributed by atoms with Crippen LogP contribution in [0.1, 0.15) is 27.3 Å². The van der Waals surface area contributed by atoms with Gasteiger partial charge in [0.25, 0.3) is 5.91 Å². The number of carbonyl (C=O) groups is 2. The van der Waals surface area contributed by atoms with Gasteiger partial charge in [0.15, 0.2) is 0 Å². The highest BCUT2D eigenvalue weighted by Crippen LogP contribution is 2.10. The van der Waals surface area contributed by atoms with Gasteiger partial charge < -0.3 is 10.6 Å². The highest BCUT2D eigenvalue weighted by atomic mass is 16.2. The lowest BCUT2D eigenvalue weighted by molar-refractivity contribution is -0.120. The summed E-state index contributed by atoms with van der Waals surface area (Å²) in [5, 5.41) is 9.79. The summed E-state index contributed by atoms with van der Waals surface area (Å²) < 4.78 is 1.88. The third kappa shape index (κ3) is 4.42. The number of rotatable bonds is 6. The van der Waals surface area contributed by atoms with Crippen LogP contribution in [-0.2, 0) is 11.3 Å². The summed E-state index contributed by atoms with van der Waals surface area (Å²) >= 11 is 0. The maximum absolute atomic E-state index is 11.8. The summed E-state index contributed by atoms with van der Waals surface area (Å²) in [4.78, 5) is 23.6. The molecule has 2 N–H and O–H groups in total. The number of aromatic nitrogens is 2. The largest absolute Gasteiger partial charge is 0.353 e. The third-order valence-electron chi connectivity index (χ3n) is 3.83. The van der Waals surface area contributed by atoms with E-state index in [4.69, 9.17) is 0 Å². The van der Waals surface area contributed by atoms with Crippen molar-refractivity contribution in [1.29, 1.82) is 0 Å². The van der Waals surface area contributed by atoms with Crippen molar-refractivity contribution in [2.24, 2.45) is 0 Å². The molecule has 0 radical (unpaired) electrons. The maximum Gasteiger partial charge on any atom is 0.251 e. The molecule has 2 amide bonds. The highest BCUT2D eigenvalue weighted by molar-refractivity contribution is 5.96. The molecule has 0 unspecified atom stereocenters. The highest BCUT2D eigenvalue weighted by Gasteiger charge is 2.09. The number of nitrogens with zero attached hydrogens (tertiary/aromatic N) is 2. The van der Waals surface area contributed by atoms with Crippen molar-refractivity contribution in [3.63, 3.8) is 0 Å². The minimum atomic E-state index is -0.255. The monoisotopic (exact) mass is 314 g/mol. The number of carbonyl (C=O) groups excluding carboxylic acids is 2. The van der Waals surface area contributed by atoms with Gasteiger partial charge in [-0.15, -0.1) is 0 Å². The van der Waals surface area contributed by atoms with Crippen molar-refractivity contribution in [2.45, 2.75) is 27.3 Å². The molecule has 6 heteroatoms. The van der Waals surface area contributed by atoms with E-state index in [1.165, 1.54) is 5.56 Å². The van der Waals surface area contributed by atoms with Gasteiger partial charge in [-0.2, -0.15) is 5.10 Å². The Bertz CT molecular complexity index is 692. The Hall–Kier alpha value is -2.63. The normalized spacial score (nSPS) is 10.4. The van der Waals surface area contributed by atoms with Gasteiger partial charge in [-0.3, -0.25) is 14.3 Å². The fourth-order valence-corrected chi connectivity index (χ4v) is 2.22. The van der Waals surface area contributed by atoms with E-state index in [9.17, 15) is 9.59 Å². The first kappa shape index (κ1) is 16.7. The van der Waals surface area contributed by atoms with Gasteiger partial charge in [-0.1, -0.05) is 18.2 Å². The predicted octanol–water partition coefficient (Wildman–Crippen LogP) is 1.35. The average molecular weight is 314 g/mol. The van der Waals surface area contributed by atoms with E-state index in [2.05, 4.69) is 15.7 Å². The van der Waals surface area contributed by atoms with Crippen LogP contribution in [0, 0.1) is 20.8 Å². The number of benzene rings is 1. The molecule has 0 spiro atoms. The lowest BCUT2D eigenvalue weighted by Gasteiger charge is -2.08. The average Bonchev–Trinajstić information content (AvgIpc) is 2.80. The Kier molecular flexibility index (Phi) is 5.51.